The van der Waals surface area contributed by atoms with E-state index in [2.05, 4.69) is 6.07 Å². The molecule has 34 heavy (non-hydrogen) atoms. The normalized spacial score (nSPS) is 19.6. The Morgan fingerprint density at radius 2 is 1.71 bits per heavy atom. The van der Waals surface area contributed by atoms with Crippen LogP contribution in [-0.2, 0) is 9.53 Å². The van der Waals surface area contributed by atoms with E-state index in [-0.39, 0.29) is 11.3 Å². The topological polar surface area (TPSA) is 59.3 Å². The van der Waals surface area contributed by atoms with Gasteiger partial charge in [-0.2, -0.15) is 5.26 Å². The average molecular weight is 492 g/mol. The molecule has 0 bridgehead atoms. The number of hydrogen-bond acceptors (Lipinski definition) is 4. The Kier molecular flexibility index (Phi) is 6.97. The van der Waals surface area contributed by atoms with E-state index >= 15 is 0 Å². The summed E-state index contributed by atoms with van der Waals surface area (Å²) < 4.78 is 11.5. The number of ether oxygens (including phenoxy) is 2. The van der Waals surface area contributed by atoms with Gasteiger partial charge in [0.15, 0.2) is 0 Å². The van der Waals surface area contributed by atoms with Gasteiger partial charge in [-0.05, 0) is 53.3 Å². The van der Waals surface area contributed by atoms with Gasteiger partial charge in [0, 0.05) is 15.6 Å². The SMILES string of the molecule is CC1(C)C(C=C(Cl)c2ccc(Cl)cc2)C1C(=O)OC(C#N)c1cccc(Oc2ccccc2)c1. The molecule has 0 radical (unpaired) electrons. The van der Waals surface area contributed by atoms with Crippen LogP contribution in [0.5, 0.6) is 11.5 Å². The Hall–Kier alpha value is -3.26. The lowest BCUT2D eigenvalue weighted by molar-refractivity contribution is -0.149. The maximum atomic E-state index is 13.0. The third kappa shape index (κ3) is 5.28. The van der Waals surface area contributed by atoms with Gasteiger partial charge in [-0.25, -0.2) is 0 Å². The minimum absolute atomic E-state index is 0.102. The summed E-state index contributed by atoms with van der Waals surface area (Å²) in [4.78, 5) is 13.0. The number of rotatable bonds is 7. The number of halogens is 2. The largest absolute Gasteiger partial charge is 0.457 e. The molecule has 0 heterocycles. The summed E-state index contributed by atoms with van der Waals surface area (Å²) in [7, 11) is 0. The van der Waals surface area contributed by atoms with Crippen LogP contribution in [0.3, 0.4) is 0 Å². The van der Waals surface area contributed by atoms with Gasteiger partial charge >= 0.3 is 5.97 Å². The number of carbonyl (C=O) groups excluding carboxylic acids is 1. The lowest BCUT2D eigenvalue weighted by Crippen LogP contribution is -2.14. The average Bonchev–Trinajstić information content (AvgIpc) is 3.38. The van der Waals surface area contributed by atoms with E-state index in [1.165, 1.54) is 0 Å². The van der Waals surface area contributed by atoms with E-state index in [1.807, 2.05) is 62.4 Å². The van der Waals surface area contributed by atoms with Gasteiger partial charge in [0.2, 0.25) is 6.10 Å². The zero-order valence-corrected chi connectivity index (χ0v) is 20.3. The minimum atomic E-state index is -1.04. The van der Waals surface area contributed by atoms with Crippen LogP contribution in [0, 0.1) is 28.6 Å². The van der Waals surface area contributed by atoms with Crippen molar-refractivity contribution < 1.29 is 14.3 Å². The van der Waals surface area contributed by atoms with Gasteiger partial charge in [-0.1, -0.05) is 85.6 Å². The van der Waals surface area contributed by atoms with E-state index in [9.17, 15) is 10.1 Å². The van der Waals surface area contributed by atoms with Crippen LogP contribution in [0.1, 0.15) is 31.1 Å². The summed E-state index contributed by atoms with van der Waals surface area (Å²) in [6.45, 7) is 3.98. The van der Waals surface area contributed by atoms with Gasteiger partial charge in [0.25, 0.3) is 0 Å². The molecule has 0 spiro atoms. The van der Waals surface area contributed by atoms with Crippen LogP contribution in [0.4, 0.5) is 0 Å². The van der Waals surface area contributed by atoms with Crippen molar-refractivity contribution in [3.05, 3.63) is 101 Å². The lowest BCUT2D eigenvalue weighted by Gasteiger charge is -2.13. The van der Waals surface area contributed by atoms with Crippen LogP contribution in [0.2, 0.25) is 5.02 Å². The molecule has 4 rings (SSSR count). The Morgan fingerprint density at radius 3 is 2.38 bits per heavy atom. The number of nitrogens with zero attached hydrogens (tertiary/aromatic N) is 1. The second-order valence-electron chi connectivity index (χ2n) is 8.78. The Bertz CT molecular complexity index is 1250. The second-order valence-corrected chi connectivity index (χ2v) is 9.62. The molecule has 0 aliphatic heterocycles. The first-order chi connectivity index (χ1) is 16.3. The zero-order chi connectivity index (χ0) is 24.3. The Labute approximate surface area is 209 Å². The number of carbonyl (C=O) groups is 1. The molecule has 3 aromatic carbocycles. The van der Waals surface area contributed by atoms with Crippen molar-refractivity contribution in [2.75, 3.05) is 0 Å². The molecule has 0 amide bonds. The first-order valence-electron chi connectivity index (χ1n) is 10.9. The van der Waals surface area contributed by atoms with E-state index in [1.54, 1.807) is 36.4 Å². The highest BCUT2D eigenvalue weighted by molar-refractivity contribution is 6.48. The molecule has 172 valence electrons. The molecule has 1 saturated carbocycles. The van der Waals surface area contributed by atoms with E-state index in [0.29, 0.717) is 27.1 Å². The number of benzene rings is 3. The van der Waals surface area contributed by atoms with Gasteiger partial charge in [0.05, 0.1) is 5.92 Å². The van der Waals surface area contributed by atoms with Crippen LogP contribution in [0.25, 0.3) is 5.03 Å². The van der Waals surface area contributed by atoms with Crippen LogP contribution >= 0.6 is 23.2 Å². The second kappa shape index (κ2) is 9.93. The first-order valence-corrected chi connectivity index (χ1v) is 11.6. The highest BCUT2D eigenvalue weighted by atomic mass is 35.5. The predicted molar refractivity (Wildman–Crippen MR) is 133 cm³/mol. The summed E-state index contributed by atoms with van der Waals surface area (Å²) in [5, 5.41) is 10.9. The molecular formula is C28H23Cl2NO3. The quantitative estimate of drug-likeness (QED) is 0.316. The standard InChI is InChI=1S/C28H23Cl2NO3/c1-28(2)23(16-24(30)18-11-13-20(29)14-12-18)26(28)27(32)34-25(17-31)19-7-6-10-22(15-19)33-21-8-4-3-5-9-21/h3-16,23,25-26H,1-2H3. The zero-order valence-electron chi connectivity index (χ0n) is 18.7. The monoisotopic (exact) mass is 491 g/mol. The van der Waals surface area contributed by atoms with E-state index in [4.69, 9.17) is 32.7 Å². The van der Waals surface area contributed by atoms with Crippen LogP contribution in [0.15, 0.2) is 84.9 Å². The van der Waals surface area contributed by atoms with Crippen molar-refractivity contribution in [2.24, 2.45) is 17.3 Å². The van der Waals surface area contributed by atoms with Gasteiger partial charge in [-0.3, -0.25) is 4.79 Å². The third-order valence-corrected chi connectivity index (χ3v) is 6.70. The number of nitriles is 1. The fourth-order valence-corrected chi connectivity index (χ4v) is 4.41. The van der Waals surface area contributed by atoms with Crippen molar-refractivity contribution in [2.45, 2.75) is 20.0 Å². The third-order valence-electron chi connectivity index (χ3n) is 6.10. The Balaban J connectivity index is 1.46. The molecule has 1 aliphatic rings. The van der Waals surface area contributed by atoms with Crippen molar-refractivity contribution in [3.8, 4) is 17.6 Å². The molecule has 1 aliphatic carbocycles. The number of hydrogen-bond donors (Lipinski definition) is 0. The molecule has 0 aromatic heterocycles. The minimum Gasteiger partial charge on any atom is -0.457 e. The van der Waals surface area contributed by atoms with E-state index < -0.39 is 18.0 Å². The molecule has 3 unspecified atom stereocenters. The predicted octanol–water partition coefficient (Wildman–Crippen LogP) is 7.79. The highest BCUT2D eigenvalue weighted by Gasteiger charge is 2.62. The Morgan fingerprint density at radius 1 is 1.03 bits per heavy atom. The summed E-state index contributed by atoms with van der Waals surface area (Å²) in [5.74, 6) is 0.315. The van der Waals surface area contributed by atoms with E-state index in [0.717, 1.165) is 5.56 Å². The summed E-state index contributed by atoms with van der Waals surface area (Å²) >= 11 is 12.5. The van der Waals surface area contributed by atoms with Gasteiger partial charge in [-0.15, -0.1) is 0 Å². The van der Waals surface area contributed by atoms with Crippen LogP contribution in [-0.4, -0.2) is 5.97 Å². The van der Waals surface area contributed by atoms with Crippen molar-refractivity contribution in [3.63, 3.8) is 0 Å². The molecule has 3 aromatic rings. The number of allylic oxidation sites excluding steroid dienone is 1. The maximum absolute atomic E-state index is 13.0. The lowest BCUT2D eigenvalue weighted by atomic mass is 10.1. The smallest absolute Gasteiger partial charge is 0.311 e. The summed E-state index contributed by atoms with van der Waals surface area (Å²) in [5.41, 5.74) is 1.04. The molecule has 4 nitrogen and oxygen atoms in total. The molecule has 0 N–H and O–H groups in total. The van der Waals surface area contributed by atoms with Gasteiger partial charge < -0.3 is 9.47 Å². The maximum Gasteiger partial charge on any atom is 0.311 e. The summed E-state index contributed by atoms with van der Waals surface area (Å²) in [6, 6.07) is 25.6. The molecule has 0 saturated heterocycles. The van der Waals surface area contributed by atoms with Crippen molar-refractivity contribution >= 4 is 34.2 Å². The summed E-state index contributed by atoms with van der Waals surface area (Å²) in [6.07, 6.45) is 0.839. The van der Waals surface area contributed by atoms with Gasteiger partial charge in [0.1, 0.15) is 17.6 Å². The molecule has 6 heteroatoms. The first kappa shape index (κ1) is 23.9. The number of esters is 1. The fourth-order valence-electron chi connectivity index (χ4n) is 4.03. The van der Waals surface area contributed by atoms with Crippen molar-refractivity contribution in [1.29, 1.82) is 5.26 Å². The van der Waals surface area contributed by atoms with Crippen LogP contribution < -0.4 is 4.74 Å². The molecule has 3 atom stereocenters. The molecular weight excluding hydrogens is 469 g/mol. The molecule has 1 fully saturated rings. The highest BCUT2D eigenvalue weighted by Crippen LogP contribution is 2.60. The van der Waals surface area contributed by atoms with Crippen molar-refractivity contribution in [1.82, 2.24) is 0 Å². The number of para-hydroxylation sites is 1. The fraction of sp³-hybridized carbons (Fsp3) is 0.214.